The number of anilines is 2. The first-order chi connectivity index (χ1) is 14.0. The van der Waals surface area contributed by atoms with Gasteiger partial charge in [0.05, 0.1) is 0 Å². The summed E-state index contributed by atoms with van der Waals surface area (Å²) in [6.45, 7) is 9.12. The minimum atomic E-state index is -0.349. The predicted molar refractivity (Wildman–Crippen MR) is 116 cm³/mol. The highest BCUT2D eigenvalue weighted by Crippen LogP contribution is 2.23. The number of pyridine rings is 1. The molecule has 1 aromatic heterocycles. The number of carbonyl (C=O) groups is 2. The molecule has 0 spiro atoms. The van der Waals surface area contributed by atoms with Gasteiger partial charge in [0.2, 0.25) is 0 Å². The molecular weight excluding hydrogens is 368 g/mol. The molecule has 0 aliphatic heterocycles. The van der Waals surface area contributed by atoms with Gasteiger partial charge in [-0.15, -0.1) is 0 Å². The second kappa shape index (κ2) is 11.2. The number of rotatable bonds is 10. The average Bonchev–Trinajstić information content (AvgIpc) is 2.74. The normalized spacial score (nSPS) is 10.5. The number of nitrogens with zero attached hydrogens (tertiary/aromatic N) is 2. The van der Waals surface area contributed by atoms with Gasteiger partial charge in [-0.25, -0.2) is 0 Å². The summed E-state index contributed by atoms with van der Waals surface area (Å²) in [6.07, 6.45) is 2.19. The van der Waals surface area contributed by atoms with Gasteiger partial charge < -0.3 is 20.3 Å². The molecule has 7 nitrogen and oxygen atoms in total. The molecule has 7 heteroatoms. The number of hydrogen-bond donors (Lipinski definition) is 2. The Morgan fingerprint density at radius 3 is 2.52 bits per heavy atom. The van der Waals surface area contributed by atoms with Crippen molar-refractivity contribution in [3.05, 3.63) is 53.3 Å². The molecule has 1 heterocycles. The third-order valence-corrected chi connectivity index (χ3v) is 4.65. The molecule has 0 saturated carbocycles. The Bertz CT molecular complexity index is 835. The lowest BCUT2D eigenvalue weighted by atomic mass is 10.1. The van der Waals surface area contributed by atoms with Gasteiger partial charge in [0.1, 0.15) is 5.69 Å². The van der Waals surface area contributed by atoms with Crippen LogP contribution in [0, 0.1) is 6.92 Å². The zero-order valence-electron chi connectivity index (χ0n) is 17.6. The van der Waals surface area contributed by atoms with Crippen LogP contribution in [0.1, 0.15) is 46.7 Å². The fourth-order valence-corrected chi connectivity index (χ4v) is 2.98. The van der Waals surface area contributed by atoms with Crippen LogP contribution in [0.3, 0.4) is 0 Å². The Morgan fingerprint density at radius 1 is 1.10 bits per heavy atom. The van der Waals surface area contributed by atoms with E-state index in [0.29, 0.717) is 18.7 Å². The van der Waals surface area contributed by atoms with Gasteiger partial charge in [0.15, 0.2) is 0 Å². The second-order valence-corrected chi connectivity index (χ2v) is 6.66. The monoisotopic (exact) mass is 398 g/mol. The largest absolute Gasteiger partial charge is 0.385 e. The molecule has 2 N–H and O–H groups in total. The molecule has 0 atom stereocenters. The van der Waals surface area contributed by atoms with Crippen LogP contribution in [0.25, 0.3) is 0 Å². The summed E-state index contributed by atoms with van der Waals surface area (Å²) in [5, 5.41) is 5.69. The fourth-order valence-electron chi connectivity index (χ4n) is 2.98. The summed E-state index contributed by atoms with van der Waals surface area (Å²) in [4.78, 5) is 31.2. The van der Waals surface area contributed by atoms with Crippen molar-refractivity contribution in [3.63, 3.8) is 0 Å². The lowest BCUT2D eigenvalue weighted by molar-refractivity contribution is 0.0948. The molecule has 0 bridgehead atoms. The van der Waals surface area contributed by atoms with E-state index in [0.717, 1.165) is 36.4 Å². The smallest absolute Gasteiger partial charge is 0.274 e. The van der Waals surface area contributed by atoms with Gasteiger partial charge in [0.25, 0.3) is 11.8 Å². The minimum absolute atomic E-state index is 0.196. The van der Waals surface area contributed by atoms with E-state index >= 15 is 0 Å². The number of hydrogen-bond acceptors (Lipinski definition) is 5. The third-order valence-electron chi connectivity index (χ3n) is 4.65. The Hall–Kier alpha value is -2.93. The number of aryl methyl sites for hydroxylation is 1. The van der Waals surface area contributed by atoms with Crippen LogP contribution in [-0.2, 0) is 4.74 Å². The van der Waals surface area contributed by atoms with E-state index in [-0.39, 0.29) is 17.5 Å². The van der Waals surface area contributed by atoms with Crippen LogP contribution in [-0.4, -0.2) is 50.1 Å². The first-order valence-electron chi connectivity index (χ1n) is 9.90. The highest BCUT2D eigenvalue weighted by molar-refractivity contribution is 6.05. The molecule has 1 aromatic carbocycles. The molecule has 0 unspecified atom stereocenters. The van der Waals surface area contributed by atoms with Crippen molar-refractivity contribution in [1.82, 2.24) is 10.3 Å². The van der Waals surface area contributed by atoms with E-state index in [1.54, 1.807) is 13.2 Å². The number of carbonyl (C=O) groups excluding carboxylic acids is 2. The first kappa shape index (κ1) is 22.4. The Kier molecular flexibility index (Phi) is 8.61. The zero-order valence-corrected chi connectivity index (χ0v) is 17.6. The van der Waals surface area contributed by atoms with Crippen molar-refractivity contribution in [2.24, 2.45) is 0 Å². The molecule has 2 amide bonds. The Morgan fingerprint density at radius 2 is 1.86 bits per heavy atom. The molecule has 2 aromatic rings. The van der Waals surface area contributed by atoms with Crippen molar-refractivity contribution in [2.45, 2.75) is 27.2 Å². The van der Waals surface area contributed by atoms with Gasteiger partial charge in [-0.2, -0.15) is 0 Å². The number of nitrogens with one attached hydrogen (secondary N) is 2. The summed E-state index contributed by atoms with van der Waals surface area (Å²) < 4.78 is 4.96. The molecule has 0 fully saturated rings. The lowest BCUT2D eigenvalue weighted by Gasteiger charge is -2.22. The average molecular weight is 399 g/mol. The number of amides is 2. The third kappa shape index (κ3) is 6.29. The molecule has 0 aliphatic carbocycles. The summed E-state index contributed by atoms with van der Waals surface area (Å²) >= 11 is 0. The van der Waals surface area contributed by atoms with Crippen LogP contribution in [0.2, 0.25) is 0 Å². The highest BCUT2D eigenvalue weighted by atomic mass is 16.5. The summed E-state index contributed by atoms with van der Waals surface area (Å²) in [5.41, 5.74) is 3.41. The van der Waals surface area contributed by atoms with E-state index in [1.807, 2.05) is 19.1 Å². The fraction of sp³-hybridized carbons (Fsp3) is 0.409. The Labute approximate surface area is 172 Å². The zero-order chi connectivity index (χ0) is 21.2. The first-order valence-corrected chi connectivity index (χ1v) is 9.90. The maximum atomic E-state index is 12.6. The van der Waals surface area contributed by atoms with Crippen LogP contribution in [0.5, 0.6) is 0 Å². The Balaban J connectivity index is 2.06. The summed E-state index contributed by atoms with van der Waals surface area (Å²) in [5.74, 6) is -0.588. The minimum Gasteiger partial charge on any atom is -0.385 e. The van der Waals surface area contributed by atoms with Crippen molar-refractivity contribution >= 4 is 23.2 Å². The van der Waals surface area contributed by atoms with E-state index in [9.17, 15) is 9.59 Å². The van der Waals surface area contributed by atoms with Gasteiger partial charge in [-0.1, -0.05) is 0 Å². The molecule has 2 rings (SSSR count). The van der Waals surface area contributed by atoms with Crippen LogP contribution in [0.15, 0.2) is 36.5 Å². The summed E-state index contributed by atoms with van der Waals surface area (Å²) in [7, 11) is 1.62. The topological polar surface area (TPSA) is 83.6 Å². The van der Waals surface area contributed by atoms with Gasteiger partial charge in [0, 0.05) is 56.5 Å². The number of aromatic nitrogens is 1. The van der Waals surface area contributed by atoms with E-state index < -0.39 is 0 Å². The van der Waals surface area contributed by atoms with Gasteiger partial charge in [-0.3, -0.25) is 14.6 Å². The van der Waals surface area contributed by atoms with Crippen LogP contribution >= 0.6 is 0 Å². The summed E-state index contributed by atoms with van der Waals surface area (Å²) in [6, 6.07) is 9.03. The molecule has 0 saturated heterocycles. The molecule has 0 radical (unpaired) electrons. The molecule has 0 aliphatic rings. The predicted octanol–water partition coefficient (Wildman–Crippen LogP) is 3.25. The van der Waals surface area contributed by atoms with E-state index in [4.69, 9.17) is 4.74 Å². The maximum Gasteiger partial charge on any atom is 0.274 e. The van der Waals surface area contributed by atoms with Crippen molar-refractivity contribution in [2.75, 3.05) is 43.6 Å². The number of ether oxygens (including phenoxy) is 1. The van der Waals surface area contributed by atoms with Crippen molar-refractivity contribution < 1.29 is 14.3 Å². The van der Waals surface area contributed by atoms with Crippen molar-refractivity contribution in [3.8, 4) is 0 Å². The number of methoxy groups -OCH3 is 1. The van der Waals surface area contributed by atoms with Crippen LogP contribution < -0.4 is 15.5 Å². The standard InChI is InChI=1S/C22H30N4O3/c1-5-26(6-2)18-8-9-19(16(3)14-18)25-22(28)20-15-17(10-12-23-20)21(27)24-11-7-13-29-4/h8-10,12,14-15H,5-7,11,13H2,1-4H3,(H,24,27)(H,25,28). The second-order valence-electron chi connectivity index (χ2n) is 6.66. The quantitative estimate of drug-likeness (QED) is 0.600. The highest BCUT2D eigenvalue weighted by Gasteiger charge is 2.13. The lowest BCUT2D eigenvalue weighted by Crippen LogP contribution is -2.26. The SMILES string of the molecule is CCN(CC)c1ccc(NC(=O)c2cc(C(=O)NCCCOC)ccn2)c(C)c1. The molecule has 156 valence electrons. The van der Waals surface area contributed by atoms with Crippen LogP contribution in [0.4, 0.5) is 11.4 Å². The van der Waals surface area contributed by atoms with E-state index in [1.165, 1.54) is 12.3 Å². The number of benzene rings is 1. The van der Waals surface area contributed by atoms with Gasteiger partial charge in [-0.05, 0) is 63.1 Å². The van der Waals surface area contributed by atoms with Gasteiger partial charge >= 0.3 is 0 Å². The maximum absolute atomic E-state index is 12.6. The van der Waals surface area contributed by atoms with Crippen molar-refractivity contribution in [1.29, 1.82) is 0 Å². The molecule has 29 heavy (non-hydrogen) atoms. The van der Waals surface area contributed by atoms with E-state index in [2.05, 4.69) is 40.4 Å². The molecular formula is C22H30N4O3.